The lowest BCUT2D eigenvalue weighted by Gasteiger charge is -2.20. The maximum Gasteiger partial charge on any atom is 0.257 e. The van der Waals surface area contributed by atoms with Crippen LogP contribution in [-0.4, -0.2) is 31.0 Å². The average molecular weight is 386 g/mol. The highest BCUT2D eigenvalue weighted by molar-refractivity contribution is 6.04. The van der Waals surface area contributed by atoms with E-state index in [1.807, 2.05) is 43.4 Å². The van der Waals surface area contributed by atoms with Gasteiger partial charge in [-0.25, -0.2) is 0 Å². The molecule has 2 heterocycles. The summed E-state index contributed by atoms with van der Waals surface area (Å²) >= 11 is 0. The maximum absolute atomic E-state index is 12.7. The molecule has 0 atom stereocenters. The lowest BCUT2D eigenvalue weighted by Crippen LogP contribution is -2.19. The molecule has 4 rings (SSSR count). The number of anilines is 3. The van der Waals surface area contributed by atoms with Crippen molar-refractivity contribution in [1.29, 1.82) is 0 Å². The van der Waals surface area contributed by atoms with Gasteiger partial charge in [-0.2, -0.15) is 0 Å². The first kappa shape index (κ1) is 19.0. The molecule has 5 nitrogen and oxygen atoms in total. The normalized spacial score (nSPS) is 13.3. The Morgan fingerprint density at radius 1 is 1.03 bits per heavy atom. The summed E-state index contributed by atoms with van der Waals surface area (Å²) in [5.74, 6) is -0.151. The van der Waals surface area contributed by atoms with Crippen molar-refractivity contribution < 1.29 is 4.79 Å². The van der Waals surface area contributed by atoms with Crippen molar-refractivity contribution in [1.82, 2.24) is 4.98 Å². The maximum atomic E-state index is 12.7. The first-order chi connectivity index (χ1) is 14.2. The molecule has 3 aromatic rings. The smallest absolute Gasteiger partial charge is 0.257 e. The SMILES string of the molecule is CN(Cc1ccccc1)c1cncc(C(=O)Nc2ccc(N3CCCC3)cc2)c1. The van der Waals surface area contributed by atoms with Crippen LogP contribution in [0.2, 0.25) is 0 Å². The van der Waals surface area contributed by atoms with Gasteiger partial charge < -0.3 is 15.1 Å². The average Bonchev–Trinajstić information content (AvgIpc) is 3.30. The van der Waals surface area contributed by atoms with Crippen molar-refractivity contribution >= 4 is 23.0 Å². The van der Waals surface area contributed by atoms with Crippen molar-refractivity contribution in [2.75, 3.05) is 35.3 Å². The number of benzene rings is 2. The molecule has 2 aromatic carbocycles. The molecule has 0 aliphatic carbocycles. The number of aromatic nitrogens is 1. The zero-order chi connectivity index (χ0) is 20.1. The minimum atomic E-state index is -0.151. The second-order valence-corrected chi connectivity index (χ2v) is 7.47. The largest absolute Gasteiger partial charge is 0.372 e. The van der Waals surface area contributed by atoms with E-state index in [9.17, 15) is 4.79 Å². The molecule has 1 fully saturated rings. The number of carbonyl (C=O) groups is 1. The van der Waals surface area contributed by atoms with Gasteiger partial charge in [-0.3, -0.25) is 9.78 Å². The molecule has 0 bridgehead atoms. The fourth-order valence-corrected chi connectivity index (χ4v) is 3.64. The summed E-state index contributed by atoms with van der Waals surface area (Å²) < 4.78 is 0. The highest BCUT2D eigenvalue weighted by Crippen LogP contribution is 2.23. The van der Waals surface area contributed by atoms with Gasteiger partial charge in [0.05, 0.1) is 17.4 Å². The zero-order valence-corrected chi connectivity index (χ0v) is 16.7. The van der Waals surface area contributed by atoms with E-state index in [4.69, 9.17) is 0 Å². The van der Waals surface area contributed by atoms with Crippen LogP contribution in [0.5, 0.6) is 0 Å². The summed E-state index contributed by atoms with van der Waals surface area (Å²) in [6, 6.07) is 20.2. The molecule has 1 N–H and O–H groups in total. The minimum Gasteiger partial charge on any atom is -0.372 e. The Kier molecular flexibility index (Phi) is 5.75. The van der Waals surface area contributed by atoms with Crippen LogP contribution in [0.25, 0.3) is 0 Å². The second kappa shape index (κ2) is 8.78. The molecule has 5 heteroatoms. The zero-order valence-electron chi connectivity index (χ0n) is 16.7. The van der Waals surface area contributed by atoms with Crippen molar-refractivity contribution in [2.24, 2.45) is 0 Å². The number of hydrogen-bond acceptors (Lipinski definition) is 4. The van der Waals surface area contributed by atoms with Crippen molar-refractivity contribution in [3.63, 3.8) is 0 Å². The first-order valence-electron chi connectivity index (χ1n) is 10.1. The Balaban J connectivity index is 1.41. The molecule has 0 unspecified atom stereocenters. The molecule has 1 aromatic heterocycles. The first-order valence-corrected chi connectivity index (χ1v) is 10.1. The third-order valence-corrected chi connectivity index (χ3v) is 5.29. The molecule has 1 saturated heterocycles. The summed E-state index contributed by atoms with van der Waals surface area (Å²) in [5.41, 5.74) is 4.67. The van der Waals surface area contributed by atoms with Crippen LogP contribution in [0.3, 0.4) is 0 Å². The number of hydrogen-bond donors (Lipinski definition) is 1. The van der Waals surface area contributed by atoms with Gasteiger partial charge in [-0.15, -0.1) is 0 Å². The second-order valence-electron chi connectivity index (χ2n) is 7.47. The molecule has 1 amide bonds. The number of carbonyl (C=O) groups excluding carboxylic acids is 1. The van der Waals surface area contributed by atoms with Gasteiger partial charge in [0.2, 0.25) is 0 Å². The monoisotopic (exact) mass is 386 g/mol. The van der Waals surface area contributed by atoms with Gasteiger partial charge >= 0.3 is 0 Å². The third kappa shape index (κ3) is 4.74. The van der Waals surface area contributed by atoms with Crippen molar-refractivity contribution in [3.05, 3.63) is 84.2 Å². The summed E-state index contributed by atoms with van der Waals surface area (Å²) in [5, 5.41) is 2.98. The van der Waals surface area contributed by atoms with E-state index in [2.05, 4.69) is 44.4 Å². The van der Waals surface area contributed by atoms with Crippen molar-refractivity contribution in [3.8, 4) is 0 Å². The van der Waals surface area contributed by atoms with Crippen LogP contribution >= 0.6 is 0 Å². The molecule has 148 valence electrons. The molecule has 29 heavy (non-hydrogen) atoms. The fraction of sp³-hybridized carbons (Fsp3) is 0.250. The Morgan fingerprint density at radius 3 is 2.48 bits per heavy atom. The molecule has 1 aliphatic rings. The van der Waals surface area contributed by atoms with E-state index in [0.29, 0.717) is 5.56 Å². The number of rotatable bonds is 6. The highest BCUT2D eigenvalue weighted by Gasteiger charge is 2.13. The highest BCUT2D eigenvalue weighted by atomic mass is 16.1. The van der Waals surface area contributed by atoms with Crippen molar-refractivity contribution in [2.45, 2.75) is 19.4 Å². The standard InChI is InChI=1S/C24H26N4O/c1-27(18-19-7-3-2-4-8-19)23-15-20(16-25-17-23)24(29)26-21-9-11-22(12-10-21)28-13-5-6-14-28/h2-4,7-12,15-17H,5-6,13-14,18H2,1H3,(H,26,29). The number of nitrogens with zero attached hydrogens (tertiary/aromatic N) is 3. The summed E-state index contributed by atoms with van der Waals surface area (Å²) in [6.07, 6.45) is 5.89. The molecule has 0 spiro atoms. The molecule has 0 radical (unpaired) electrons. The summed E-state index contributed by atoms with van der Waals surface area (Å²) in [7, 11) is 2.00. The van der Waals surface area contributed by atoms with Gasteiger partial charge in [0.25, 0.3) is 5.91 Å². The number of nitrogens with one attached hydrogen (secondary N) is 1. The quantitative estimate of drug-likeness (QED) is 0.674. The van der Waals surface area contributed by atoms with Crippen LogP contribution < -0.4 is 15.1 Å². The topological polar surface area (TPSA) is 48.5 Å². The van der Waals surface area contributed by atoms with Gasteiger partial charge in [-0.1, -0.05) is 30.3 Å². The van der Waals surface area contributed by atoms with E-state index in [1.165, 1.54) is 24.1 Å². The summed E-state index contributed by atoms with van der Waals surface area (Å²) in [6.45, 7) is 2.98. The van der Waals surface area contributed by atoms with Gasteiger partial charge in [0.15, 0.2) is 0 Å². The molecular formula is C24H26N4O. The summed E-state index contributed by atoms with van der Waals surface area (Å²) in [4.78, 5) is 21.4. The Morgan fingerprint density at radius 2 is 1.76 bits per heavy atom. The lowest BCUT2D eigenvalue weighted by molar-refractivity contribution is 0.102. The van der Waals surface area contributed by atoms with Crippen LogP contribution in [-0.2, 0) is 6.54 Å². The van der Waals surface area contributed by atoms with Gasteiger partial charge in [0.1, 0.15) is 0 Å². The molecule has 0 saturated carbocycles. The molecule has 1 aliphatic heterocycles. The predicted molar refractivity (Wildman–Crippen MR) is 119 cm³/mol. The van der Waals surface area contributed by atoms with E-state index in [1.54, 1.807) is 12.4 Å². The van der Waals surface area contributed by atoms with Crippen LogP contribution in [0.1, 0.15) is 28.8 Å². The van der Waals surface area contributed by atoms with Crippen LogP contribution in [0.15, 0.2) is 73.1 Å². The third-order valence-electron chi connectivity index (χ3n) is 5.29. The Bertz CT molecular complexity index is 950. The Hall–Kier alpha value is -3.34. The number of amides is 1. The van der Waals surface area contributed by atoms with E-state index in [-0.39, 0.29) is 5.91 Å². The number of pyridine rings is 1. The van der Waals surface area contributed by atoms with E-state index >= 15 is 0 Å². The Labute approximate surface area is 172 Å². The fourth-order valence-electron chi connectivity index (χ4n) is 3.64. The van der Waals surface area contributed by atoms with Crippen LogP contribution in [0, 0.1) is 0 Å². The van der Waals surface area contributed by atoms with Gasteiger partial charge in [-0.05, 0) is 48.7 Å². The predicted octanol–water partition coefficient (Wildman–Crippen LogP) is 4.57. The minimum absolute atomic E-state index is 0.151. The molecular weight excluding hydrogens is 360 g/mol. The van der Waals surface area contributed by atoms with Gasteiger partial charge in [0, 0.05) is 44.3 Å². The lowest BCUT2D eigenvalue weighted by atomic mass is 10.2. The van der Waals surface area contributed by atoms with E-state index in [0.717, 1.165) is 31.0 Å². The van der Waals surface area contributed by atoms with Crippen LogP contribution in [0.4, 0.5) is 17.1 Å². The van der Waals surface area contributed by atoms with E-state index < -0.39 is 0 Å².